The van der Waals surface area contributed by atoms with Gasteiger partial charge in [0.1, 0.15) is 11.5 Å². The number of oxazole rings is 1. The van der Waals surface area contributed by atoms with Crippen LogP contribution < -0.4 is 5.32 Å². The predicted molar refractivity (Wildman–Crippen MR) is 168 cm³/mol. The van der Waals surface area contributed by atoms with E-state index in [1.807, 2.05) is 66.7 Å². The van der Waals surface area contributed by atoms with Crippen LogP contribution in [0.2, 0.25) is 5.02 Å². The van der Waals surface area contributed by atoms with E-state index >= 15 is 0 Å². The molecule has 0 aliphatic heterocycles. The lowest BCUT2D eigenvalue weighted by atomic mass is 10.0. The molecule has 0 saturated carbocycles. The fourth-order valence-electron chi connectivity index (χ4n) is 4.77. The third-order valence-electron chi connectivity index (χ3n) is 6.68. The van der Waals surface area contributed by atoms with E-state index in [0.717, 1.165) is 27.5 Å². The molecule has 42 heavy (non-hydrogen) atoms. The summed E-state index contributed by atoms with van der Waals surface area (Å²) in [4.78, 5) is 17.8. The van der Waals surface area contributed by atoms with E-state index in [-0.39, 0.29) is 18.5 Å². The summed E-state index contributed by atoms with van der Waals surface area (Å²) in [6, 6.07) is 28.7. The van der Waals surface area contributed by atoms with Gasteiger partial charge in [-0.05, 0) is 60.5 Å². The molecule has 0 atom stereocenters. The van der Waals surface area contributed by atoms with Crippen LogP contribution in [-0.4, -0.2) is 24.1 Å². The van der Waals surface area contributed by atoms with Crippen molar-refractivity contribution in [3.05, 3.63) is 107 Å². The van der Waals surface area contributed by atoms with Gasteiger partial charge in [-0.25, -0.2) is 4.98 Å². The summed E-state index contributed by atoms with van der Waals surface area (Å²) in [5.74, 6) is 0.953. The van der Waals surface area contributed by atoms with Gasteiger partial charge in [0, 0.05) is 34.7 Å². The average molecular weight is 603 g/mol. The standard InChI is InChI=1S/C33H32ClN2O5P/c1-3-39-42(38,40-4-2)22-23-12-18-27(19-13-23)35-31(37)21-20-30-32(25-14-16-26(34)17-15-25)36-33(41-30)29-11-7-9-24-8-5-6-10-28(24)29/h5-19H,3-4,20-22H2,1-2H3,(H,35,37). The Labute approximate surface area is 250 Å². The SMILES string of the molecule is CCOP(=O)(Cc1ccc(NC(=O)CCc2oc(-c3cccc4ccccc34)nc2-c2ccc(Cl)cc2)cc1)OCC. The fraction of sp³-hybridized carbons (Fsp3) is 0.212. The molecule has 1 heterocycles. The molecule has 1 amide bonds. The maximum atomic E-state index is 12.9. The molecule has 0 bridgehead atoms. The molecule has 216 valence electrons. The lowest BCUT2D eigenvalue weighted by Gasteiger charge is -2.17. The Balaban J connectivity index is 1.32. The molecular formula is C33H32ClN2O5P. The molecule has 0 fully saturated rings. The Bertz CT molecular complexity index is 1700. The third-order valence-corrected chi connectivity index (χ3v) is 8.99. The normalized spacial score (nSPS) is 11.6. The first-order valence-corrected chi connectivity index (χ1v) is 16.0. The summed E-state index contributed by atoms with van der Waals surface area (Å²) < 4.78 is 29.9. The zero-order valence-electron chi connectivity index (χ0n) is 23.5. The third kappa shape index (κ3) is 7.18. The first kappa shape index (κ1) is 29.7. The van der Waals surface area contributed by atoms with Crippen LogP contribution in [0.4, 0.5) is 5.69 Å². The molecule has 0 aliphatic carbocycles. The number of carbonyl (C=O) groups excluding carboxylic acids is 1. The maximum absolute atomic E-state index is 12.9. The maximum Gasteiger partial charge on any atom is 0.335 e. The number of carbonyl (C=O) groups is 1. The summed E-state index contributed by atoms with van der Waals surface area (Å²) in [5.41, 5.74) is 3.86. The van der Waals surface area contributed by atoms with Crippen LogP contribution in [0, 0.1) is 0 Å². The number of hydrogen-bond acceptors (Lipinski definition) is 6. The van der Waals surface area contributed by atoms with Crippen molar-refractivity contribution in [3.8, 4) is 22.7 Å². The van der Waals surface area contributed by atoms with E-state index in [4.69, 9.17) is 30.0 Å². The molecule has 9 heteroatoms. The average Bonchev–Trinajstić information content (AvgIpc) is 3.41. The summed E-state index contributed by atoms with van der Waals surface area (Å²) in [6.07, 6.45) is 0.711. The van der Waals surface area contributed by atoms with Gasteiger partial charge in [-0.2, -0.15) is 0 Å². The molecule has 1 aromatic heterocycles. The van der Waals surface area contributed by atoms with E-state index in [1.165, 1.54) is 0 Å². The quantitative estimate of drug-likeness (QED) is 0.143. The lowest BCUT2D eigenvalue weighted by molar-refractivity contribution is -0.116. The van der Waals surface area contributed by atoms with E-state index in [0.29, 0.717) is 47.7 Å². The van der Waals surface area contributed by atoms with Crippen molar-refractivity contribution in [1.82, 2.24) is 4.98 Å². The van der Waals surface area contributed by atoms with Crippen LogP contribution in [0.5, 0.6) is 0 Å². The van der Waals surface area contributed by atoms with Crippen molar-refractivity contribution in [2.24, 2.45) is 0 Å². The highest BCUT2D eigenvalue weighted by Crippen LogP contribution is 2.51. The number of aromatic nitrogens is 1. The molecule has 5 rings (SSSR count). The summed E-state index contributed by atoms with van der Waals surface area (Å²) in [6.45, 7) is 4.18. The number of halogens is 1. The summed E-state index contributed by atoms with van der Waals surface area (Å²) in [7, 11) is -3.21. The number of aryl methyl sites for hydroxylation is 1. The second kappa shape index (κ2) is 13.5. The first-order chi connectivity index (χ1) is 20.4. The Morgan fingerprint density at radius 3 is 2.31 bits per heavy atom. The van der Waals surface area contributed by atoms with Gasteiger partial charge >= 0.3 is 7.60 Å². The Morgan fingerprint density at radius 1 is 0.905 bits per heavy atom. The summed E-state index contributed by atoms with van der Waals surface area (Å²) >= 11 is 6.13. The van der Waals surface area contributed by atoms with Gasteiger partial charge in [0.2, 0.25) is 11.8 Å². The van der Waals surface area contributed by atoms with Crippen molar-refractivity contribution >= 4 is 41.6 Å². The van der Waals surface area contributed by atoms with Gasteiger partial charge in [-0.1, -0.05) is 72.3 Å². The van der Waals surface area contributed by atoms with Crippen LogP contribution in [0.15, 0.2) is 95.4 Å². The minimum atomic E-state index is -3.21. The lowest BCUT2D eigenvalue weighted by Crippen LogP contribution is -2.12. The zero-order valence-corrected chi connectivity index (χ0v) is 25.2. The molecule has 7 nitrogen and oxygen atoms in total. The summed E-state index contributed by atoms with van der Waals surface area (Å²) in [5, 5.41) is 5.69. The minimum absolute atomic E-state index is 0.165. The number of nitrogens with one attached hydrogen (secondary N) is 1. The number of amides is 1. The van der Waals surface area contributed by atoms with Gasteiger partial charge in [-0.15, -0.1) is 0 Å². The smallest absolute Gasteiger partial charge is 0.335 e. The zero-order chi connectivity index (χ0) is 29.5. The molecule has 5 aromatic rings. The van der Waals surface area contributed by atoms with Gasteiger partial charge < -0.3 is 18.8 Å². The van der Waals surface area contributed by atoms with E-state index in [2.05, 4.69) is 17.4 Å². The topological polar surface area (TPSA) is 90.7 Å². The monoisotopic (exact) mass is 602 g/mol. The number of fused-ring (bicyclic) bond motifs is 1. The van der Waals surface area contributed by atoms with Crippen molar-refractivity contribution < 1.29 is 22.8 Å². The number of hydrogen-bond donors (Lipinski definition) is 1. The first-order valence-electron chi connectivity index (χ1n) is 13.9. The van der Waals surface area contributed by atoms with Crippen molar-refractivity contribution in [2.75, 3.05) is 18.5 Å². The van der Waals surface area contributed by atoms with E-state index < -0.39 is 7.60 Å². The van der Waals surface area contributed by atoms with Gasteiger partial charge in [0.25, 0.3) is 0 Å². The number of rotatable bonds is 12. The predicted octanol–water partition coefficient (Wildman–Crippen LogP) is 9.15. The van der Waals surface area contributed by atoms with Crippen molar-refractivity contribution in [2.45, 2.75) is 32.9 Å². The molecular weight excluding hydrogens is 571 g/mol. The van der Waals surface area contributed by atoms with Crippen LogP contribution in [-0.2, 0) is 31.0 Å². The van der Waals surface area contributed by atoms with E-state index in [9.17, 15) is 9.36 Å². The second-order valence-corrected chi connectivity index (χ2v) is 12.2. The van der Waals surface area contributed by atoms with Crippen LogP contribution in [0.1, 0.15) is 31.6 Å². The van der Waals surface area contributed by atoms with Gasteiger partial charge in [0.05, 0.1) is 19.4 Å². The molecule has 4 aromatic carbocycles. The minimum Gasteiger partial charge on any atom is -0.440 e. The second-order valence-electron chi connectivity index (χ2n) is 9.67. The van der Waals surface area contributed by atoms with Crippen LogP contribution in [0.3, 0.4) is 0 Å². The highest BCUT2D eigenvalue weighted by Gasteiger charge is 2.24. The Kier molecular flexibility index (Phi) is 9.55. The fourth-order valence-corrected chi connectivity index (χ4v) is 6.60. The largest absolute Gasteiger partial charge is 0.440 e. The highest BCUT2D eigenvalue weighted by molar-refractivity contribution is 7.53. The Hall–Kier alpha value is -3.74. The van der Waals surface area contributed by atoms with Crippen molar-refractivity contribution in [1.29, 1.82) is 0 Å². The molecule has 0 radical (unpaired) electrons. The molecule has 0 aliphatic rings. The van der Waals surface area contributed by atoms with Crippen LogP contribution in [0.25, 0.3) is 33.5 Å². The van der Waals surface area contributed by atoms with Crippen molar-refractivity contribution in [3.63, 3.8) is 0 Å². The number of benzene rings is 4. The molecule has 1 N–H and O–H groups in total. The molecule has 0 saturated heterocycles. The van der Waals surface area contributed by atoms with Gasteiger partial charge in [0.15, 0.2) is 0 Å². The van der Waals surface area contributed by atoms with Gasteiger partial charge in [-0.3, -0.25) is 9.36 Å². The molecule has 0 spiro atoms. The molecule has 0 unspecified atom stereocenters. The number of nitrogens with zero attached hydrogens (tertiary/aromatic N) is 1. The van der Waals surface area contributed by atoms with E-state index in [1.54, 1.807) is 26.0 Å². The number of anilines is 1. The Morgan fingerprint density at radius 2 is 1.60 bits per heavy atom. The van der Waals surface area contributed by atoms with Crippen LogP contribution >= 0.6 is 19.2 Å². The highest BCUT2D eigenvalue weighted by atomic mass is 35.5.